The van der Waals surface area contributed by atoms with E-state index in [1.165, 1.54) is 13.0 Å². The molecular formula is C9H17NO5S. The highest BCUT2D eigenvalue weighted by molar-refractivity contribution is 7.87. The average Bonchev–Trinajstić information content (AvgIpc) is 2.24. The Hall–Kier alpha value is -0.920. The number of hydrogen-bond acceptors (Lipinski definition) is 6. The lowest BCUT2D eigenvalue weighted by Gasteiger charge is -2.10. The van der Waals surface area contributed by atoms with Crippen molar-refractivity contribution in [1.82, 2.24) is 5.32 Å². The van der Waals surface area contributed by atoms with Gasteiger partial charge in [0.2, 0.25) is 0 Å². The fourth-order valence-electron chi connectivity index (χ4n) is 0.771. The molecule has 0 radical (unpaired) electrons. The first-order chi connectivity index (χ1) is 7.44. The fourth-order valence-corrected chi connectivity index (χ4v) is 1.42. The normalized spacial score (nSPS) is 13.9. The van der Waals surface area contributed by atoms with Gasteiger partial charge in [-0.1, -0.05) is 24.3 Å². The summed E-state index contributed by atoms with van der Waals surface area (Å²) in [6.07, 6.45) is 3.29. The summed E-state index contributed by atoms with van der Waals surface area (Å²) in [6.45, 7) is 5.44. The van der Waals surface area contributed by atoms with E-state index in [1.807, 2.05) is 6.92 Å². The average molecular weight is 251 g/mol. The molecule has 0 aliphatic heterocycles. The number of carbonyl (C=O) groups is 1. The molecule has 1 atom stereocenters. The first-order valence-electron chi connectivity index (χ1n) is 4.97. The second kappa shape index (κ2) is 7.37. The van der Waals surface area contributed by atoms with Gasteiger partial charge in [0.1, 0.15) is 5.37 Å². The SMILES string of the molecule is CCC=CC(=O)OOS(=O)(=O)C(C)NCC. The third kappa shape index (κ3) is 5.84. The molecule has 7 heteroatoms. The van der Waals surface area contributed by atoms with Crippen LogP contribution in [0.3, 0.4) is 0 Å². The molecule has 0 bridgehead atoms. The van der Waals surface area contributed by atoms with Gasteiger partial charge >= 0.3 is 16.1 Å². The van der Waals surface area contributed by atoms with Gasteiger partial charge in [0.05, 0.1) is 0 Å². The van der Waals surface area contributed by atoms with Crippen LogP contribution in [0.15, 0.2) is 12.2 Å². The minimum Gasteiger partial charge on any atom is -0.300 e. The summed E-state index contributed by atoms with van der Waals surface area (Å²) in [7, 11) is -3.93. The van der Waals surface area contributed by atoms with E-state index < -0.39 is 21.5 Å². The molecule has 6 nitrogen and oxygen atoms in total. The molecule has 0 aromatic rings. The molecule has 0 heterocycles. The monoisotopic (exact) mass is 251 g/mol. The zero-order valence-corrected chi connectivity index (χ0v) is 10.4. The third-order valence-corrected chi connectivity index (χ3v) is 2.92. The standard InChI is InChI=1S/C9H17NO5S/c1-4-6-7-9(11)14-15-16(12,13)8(3)10-5-2/h6-8,10H,4-5H2,1-3H3. The maximum atomic E-state index is 11.3. The Morgan fingerprint density at radius 2 is 2.06 bits per heavy atom. The van der Waals surface area contributed by atoms with Crippen LogP contribution in [0.25, 0.3) is 0 Å². The molecule has 0 amide bonds. The van der Waals surface area contributed by atoms with E-state index in [-0.39, 0.29) is 0 Å². The molecule has 0 aliphatic rings. The lowest BCUT2D eigenvalue weighted by atomic mass is 10.4. The van der Waals surface area contributed by atoms with Crippen LogP contribution in [0.2, 0.25) is 0 Å². The van der Waals surface area contributed by atoms with Crippen molar-refractivity contribution in [2.45, 2.75) is 32.6 Å². The summed E-state index contributed by atoms with van der Waals surface area (Å²) < 4.78 is 26.7. The maximum Gasteiger partial charge on any atom is 0.367 e. The van der Waals surface area contributed by atoms with Crippen molar-refractivity contribution < 1.29 is 22.4 Å². The van der Waals surface area contributed by atoms with Gasteiger partial charge < -0.3 is 0 Å². The number of nitrogens with one attached hydrogen (secondary N) is 1. The number of allylic oxidation sites excluding steroid dienone is 1. The molecular weight excluding hydrogens is 234 g/mol. The third-order valence-electron chi connectivity index (χ3n) is 1.63. The van der Waals surface area contributed by atoms with Crippen molar-refractivity contribution in [2.75, 3.05) is 6.54 Å². The quantitative estimate of drug-likeness (QED) is 0.408. The van der Waals surface area contributed by atoms with Crippen LogP contribution >= 0.6 is 0 Å². The van der Waals surface area contributed by atoms with Gasteiger partial charge in [0, 0.05) is 6.08 Å². The Kier molecular flexibility index (Phi) is 6.95. The molecule has 0 aromatic heterocycles. The molecule has 0 saturated heterocycles. The minimum absolute atomic E-state index is 0.466. The van der Waals surface area contributed by atoms with E-state index >= 15 is 0 Å². The Bertz CT molecular complexity index is 336. The summed E-state index contributed by atoms with van der Waals surface area (Å²) in [5.41, 5.74) is 0. The summed E-state index contributed by atoms with van der Waals surface area (Å²) >= 11 is 0. The van der Waals surface area contributed by atoms with Crippen molar-refractivity contribution in [3.05, 3.63) is 12.2 Å². The van der Waals surface area contributed by atoms with E-state index in [1.54, 1.807) is 6.92 Å². The summed E-state index contributed by atoms with van der Waals surface area (Å²) in [4.78, 5) is 15.0. The second-order valence-corrected chi connectivity index (χ2v) is 4.80. The van der Waals surface area contributed by atoms with E-state index in [4.69, 9.17) is 0 Å². The second-order valence-electron chi connectivity index (χ2n) is 2.97. The van der Waals surface area contributed by atoms with E-state index in [0.717, 1.165) is 6.08 Å². The molecule has 1 N–H and O–H groups in total. The summed E-state index contributed by atoms with van der Waals surface area (Å²) in [6, 6.07) is 0. The van der Waals surface area contributed by atoms with Crippen molar-refractivity contribution in [1.29, 1.82) is 0 Å². The lowest BCUT2D eigenvalue weighted by Crippen LogP contribution is -2.35. The minimum atomic E-state index is -3.93. The number of hydrogen-bond donors (Lipinski definition) is 1. The van der Waals surface area contributed by atoms with Crippen LogP contribution in [0.1, 0.15) is 27.2 Å². The number of carbonyl (C=O) groups excluding carboxylic acids is 1. The van der Waals surface area contributed by atoms with Crippen molar-refractivity contribution in [2.24, 2.45) is 0 Å². The van der Waals surface area contributed by atoms with Gasteiger partial charge in [-0.15, -0.1) is 0 Å². The Labute approximate surface area is 95.7 Å². The molecule has 1 unspecified atom stereocenters. The van der Waals surface area contributed by atoms with Crippen molar-refractivity contribution in [3.8, 4) is 0 Å². The molecule has 94 valence electrons. The maximum absolute atomic E-state index is 11.3. The predicted octanol–water partition coefficient (Wildman–Crippen LogP) is 0.713. The van der Waals surface area contributed by atoms with Crippen LogP contribution in [0.5, 0.6) is 0 Å². The Morgan fingerprint density at radius 1 is 1.44 bits per heavy atom. The molecule has 0 aromatic carbocycles. The lowest BCUT2D eigenvalue weighted by molar-refractivity contribution is -0.205. The zero-order chi connectivity index (χ0) is 12.6. The van der Waals surface area contributed by atoms with Crippen molar-refractivity contribution in [3.63, 3.8) is 0 Å². The fraction of sp³-hybridized carbons (Fsp3) is 0.667. The van der Waals surface area contributed by atoms with Crippen LogP contribution in [-0.2, 0) is 24.1 Å². The first kappa shape index (κ1) is 15.1. The van der Waals surface area contributed by atoms with Gasteiger partial charge in [0.15, 0.2) is 0 Å². The molecule has 0 fully saturated rings. The molecule has 0 rings (SSSR count). The van der Waals surface area contributed by atoms with Gasteiger partial charge in [-0.3, -0.25) is 10.2 Å². The predicted molar refractivity (Wildman–Crippen MR) is 58.7 cm³/mol. The van der Waals surface area contributed by atoms with Gasteiger partial charge in [0.25, 0.3) is 0 Å². The van der Waals surface area contributed by atoms with E-state index in [9.17, 15) is 13.2 Å². The molecule has 0 aliphatic carbocycles. The Balaban J connectivity index is 4.19. The molecule has 0 spiro atoms. The number of rotatable bonds is 7. The highest BCUT2D eigenvalue weighted by Gasteiger charge is 2.23. The van der Waals surface area contributed by atoms with Gasteiger partial charge in [-0.25, -0.2) is 4.79 Å². The van der Waals surface area contributed by atoms with E-state index in [2.05, 4.69) is 14.5 Å². The van der Waals surface area contributed by atoms with Crippen LogP contribution in [-0.4, -0.2) is 26.3 Å². The smallest absolute Gasteiger partial charge is 0.300 e. The molecule has 0 saturated carbocycles. The Morgan fingerprint density at radius 3 is 2.56 bits per heavy atom. The largest absolute Gasteiger partial charge is 0.367 e. The van der Waals surface area contributed by atoms with Gasteiger partial charge in [-0.2, -0.15) is 8.42 Å². The zero-order valence-electron chi connectivity index (χ0n) is 9.60. The van der Waals surface area contributed by atoms with Crippen LogP contribution in [0.4, 0.5) is 0 Å². The summed E-state index contributed by atoms with van der Waals surface area (Å²) in [5, 5.41) is 1.70. The van der Waals surface area contributed by atoms with Crippen molar-refractivity contribution >= 4 is 16.1 Å². The first-order valence-corrected chi connectivity index (χ1v) is 6.45. The van der Waals surface area contributed by atoms with Crippen LogP contribution < -0.4 is 5.32 Å². The topological polar surface area (TPSA) is 81.7 Å². The van der Waals surface area contributed by atoms with Gasteiger partial charge in [-0.05, 0) is 19.9 Å². The molecule has 16 heavy (non-hydrogen) atoms. The van der Waals surface area contributed by atoms with Crippen LogP contribution in [0, 0.1) is 0 Å². The van der Waals surface area contributed by atoms with E-state index in [0.29, 0.717) is 13.0 Å². The summed E-state index contributed by atoms with van der Waals surface area (Å²) in [5.74, 6) is -0.853. The highest BCUT2D eigenvalue weighted by Crippen LogP contribution is 2.02. The highest BCUT2D eigenvalue weighted by atomic mass is 32.2.